The summed E-state index contributed by atoms with van der Waals surface area (Å²) in [6, 6.07) is 5.81. The van der Waals surface area contributed by atoms with Crippen molar-refractivity contribution in [2.45, 2.75) is 84.2 Å². The van der Waals surface area contributed by atoms with E-state index >= 15 is 0 Å². The van der Waals surface area contributed by atoms with Gasteiger partial charge in [0.05, 0.1) is 5.69 Å². The zero-order valence-electron chi connectivity index (χ0n) is 20.6. The molecule has 3 aromatic rings. The van der Waals surface area contributed by atoms with Crippen molar-refractivity contribution < 1.29 is 14.1 Å². The number of amides is 2. The highest BCUT2D eigenvalue weighted by molar-refractivity contribution is 5.76. The van der Waals surface area contributed by atoms with Crippen molar-refractivity contribution in [2.24, 2.45) is 0 Å². The third-order valence-corrected chi connectivity index (χ3v) is 6.36. The highest BCUT2D eigenvalue weighted by atomic mass is 16.5. The van der Waals surface area contributed by atoms with E-state index < -0.39 is 5.54 Å². The van der Waals surface area contributed by atoms with Gasteiger partial charge in [-0.2, -0.15) is 10.1 Å². The van der Waals surface area contributed by atoms with Gasteiger partial charge in [0.2, 0.25) is 17.7 Å². The van der Waals surface area contributed by atoms with Crippen LogP contribution in [0.5, 0.6) is 0 Å². The first kappa shape index (κ1) is 24.6. The highest BCUT2D eigenvalue weighted by Gasteiger charge is 2.38. The normalized spacial score (nSPS) is 15.4. The summed E-state index contributed by atoms with van der Waals surface area (Å²) in [5.74, 6) is 1.44. The van der Waals surface area contributed by atoms with E-state index in [1.165, 1.54) is 6.92 Å². The molecular weight excluding hydrogens is 446 g/mol. The molecule has 3 heterocycles. The number of nitrogens with one attached hydrogen (secondary N) is 2. The summed E-state index contributed by atoms with van der Waals surface area (Å²) in [5.41, 5.74) is 2.27. The van der Waals surface area contributed by atoms with Crippen molar-refractivity contribution in [1.29, 1.82) is 0 Å². The summed E-state index contributed by atoms with van der Waals surface area (Å²) < 4.78 is 7.23. The molecule has 35 heavy (non-hydrogen) atoms. The first-order chi connectivity index (χ1) is 16.8. The summed E-state index contributed by atoms with van der Waals surface area (Å²) in [6.07, 6.45) is 8.16. The van der Waals surface area contributed by atoms with Crippen LogP contribution in [0.4, 0.5) is 0 Å². The number of hydrogen-bond donors (Lipinski definition) is 2. The van der Waals surface area contributed by atoms with Crippen LogP contribution in [-0.2, 0) is 28.1 Å². The predicted octanol–water partition coefficient (Wildman–Crippen LogP) is 3.20. The second kappa shape index (κ2) is 10.8. The number of carbonyl (C=O) groups is 2. The fourth-order valence-corrected chi connectivity index (χ4v) is 4.64. The Morgan fingerprint density at radius 1 is 1.14 bits per heavy atom. The molecule has 1 saturated carbocycles. The van der Waals surface area contributed by atoms with Crippen LogP contribution >= 0.6 is 0 Å². The average molecular weight is 480 g/mol. The quantitative estimate of drug-likeness (QED) is 0.475. The molecule has 0 aromatic carbocycles. The van der Waals surface area contributed by atoms with Gasteiger partial charge in [-0.1, -0.05) is 36.9 Å². The van der Waals surface area contributed by atoms with Gasteiger partial charge in [-0.25, -0.2) is 9.67 Å². The molecule has 2 amide bonds. The molecule has 10 heteroatoms. The van der Waals surface area contributed by atoms with Crippen molar-refractivity contribution in [2.75, 3.05) is 0 Å². The van der Waals surface area contributed by atoms with Crippen molar-refractivity contribution >= 4 is 11.8 Å². The zero-order chi connectivity index (χ0) is 24.8. The maximum atomic E-state index is 12.4. The van der Waals surface area contributed by atoms with E-state index in [0.29, 0.717) is 24.7 Å². The molecule has 2 N–H and O–H groups in total. The lowest BCUT2D eigenvalue weighted by Crippen LogP contribution is -2.45. The number of aromatic nitrogens is 5. The molecule has 1 aliphatic rings. The Balaban J connectivity index is 1.30. The highest BCUT2D eigenvalue weighted by Crippen LogP contribution is 2.34. The van der Waals surface area contributed by atoms with Crippen LogP contribution in [0.2, 0.25) is 0 Å². The topological polar surface area (TPSA) is 128 Å². The van der Waals surface area contributed by atoms with Gasteiger partial charge in [0.15, 0.2) is 11.6 Å². The SMILES string of the molecule is CC(=O)NC1(c2noc(CCC(=O)NCc3ccc(-n4nc(C)cc4C)nc3)n2)CCCCCC1. The molecule has 1 aliphatic carbocycles. The Labute approximate surface area is 204 Å². The fourth-order valence-electron chi connectivity index (χ4n) is 4.64. The number of aryl methyl sites for hydroxylation is 3. The van der Waals surface area contributed by atoms with E-state index in [0.717, 1.165) is 61.3 Å². The van der Waals surface area contributed by atoms with Crippen molar-refractivity contribution in [3.05, 3.63) is 53.1 Å². The third kappa shape index (κ3) is 6.12. The molecule has 0 spiro atoms. The largest absolute Gasteiger partial charge is 0.352 e. The monoisotopic (exact) mass is 479 g/mol. The Morgan fingerprint density at radius 2 is 1.91 bits per heavy atom. The number of nitrogens with zero attached hydrogens (tertiary/aromatic N) is 5. The number of rotatable bonds is 8. The van der Waals surface area contributed by atoms with Crippen LogP contribution in [0.25, 0.3) is 5.82 Å². The lowest BCUT2D eigenvalue weighted by molar-refractivity contribution is -0.122. The molecular formula is C25H33N7O3. The Morgan fingerprint density at radius 3 is 2.54 bits per heavy atom. The van der Waals surface area contributed by atoms with Gasteiger partial charge in [-0.15, -0.1) is 0 Å². The predicted molar refractivity (Wildman–Crippen MR) is 128 cm³/mol. The van der Waals surface area contributed by atoms with Gasteiger partial charge in [-0.3, -0.25) is 9.59 Å². The minimum Gasteiger partial charge on any atom is -0.352 e. The molecule has 186 valence electrons. The molecule has 0 unspecified atom stereocenters. The van der Waals surface area contributed by atoms with Crippen LogP contribution in [-0.4, -0.2) is 36.7 Å². The molecule has 0 radical (unpaired) electrons. The molecule has 0 aliphatic heterocycles. The summed E-state index contributed by atoms with van der Waals surface area (Å²) in [5, 5.41) is 14.6. The smallest absolute Gasteiger partial charge is 0.227 e. The molecule has 10 nitrogen and oxygen atoms in total. The zero-order valence-corrected chi connectivity index (χ0v) is 20.6. The maximum Gasteiger partial charge on any atom is 0.227 e. The van der Waals surface area contributed by atoms with Crippen LogP contribution in [0.15, 0.2) is 28.9 Å². The molecule has 4 rings (SSSR count). The molecule has 0 bridgehead atoms. The van der Waals surface area contributed by atoms with Crippen LogP contribution in [0.3, 0.4) is 0 Å². The van der Waals surface area contributed by atoms with Crippen LogP contribution in [0, 0.1) is 13.8 Å². The van der Waals surface area contributed by atoms with E-state index in [-0.39, 0.29) is 18.2 Å². The Hall–Kier alpha value is -3.56. The van der Waals surface area contributed by atoms with E-state index in [1.54, 1.807) is 10.9 Å². The van der Waals surface area contributed by atoms with Gasteiger partial charge in [0.1, 0.15) is 5.54 Å². The summed E-state index contributed by atoms with van der Waals surface area (Å²) in [6.45, 7) is 5.82. The standard InChI is InChI=1S/C25H33N7O3/c1-17-14-18(2)32(30-17)21-9-8-20(15-26-21)16-27-22(34)10-11-23-28-24(31-35-23)25(29-19(3)33)12-6-4-5-7-13-25/h8-9,14-15H,4-7,10-13,16H2,1-3H3,(H,27,34)(H,29,33). The van der Waals surface area contributed by atoms with Gasteiger partial charge in [0.25, 0.3) is 0 Å². The average Bonchev–Trinajstić information content (AvgIpc) is 3.37. The Kier molecular flexibility index (Phi) is 7.57. The number of pyridine rings is 1. The van der Waals surface area contributed by atoms with Gasteiger partial charge >= 0.3 is 0 Å². The third-order valence-electron chi connectivity index (χ3n) is 6.36. The fraction of sp³-hybridized carbons (Fsp3) is 0.520. The second-order valence-electron chi connectivity index (χ2n) is 9.33. The maximum absolute atomic E-state index is 12.4. The molecule has 1 fully saturated rings. The van der Waals surface area contributed by atoms with E-state index in [2.05, 4.69) is 30.9 Å². The van der Waals surface area contributed by atoms with Gasteiger partial charge in [0, 0.05) is 38.2 Å². The first-order valence-electron chi connectivity index (χ1n) is 12.2. The van der Waals surface area contributed by atoms with Crippen LogP contribution < -0.4 is 10.6 Å². The minimum absolute atomic E-state index is 0.102. The van der Waals surface area contributed by atoms with Crippen molar-refractivity contribution in [3.63, 3.8) is 0 Å². The molecule has 0 saturated heterocycles. The van der Waals surface area contributed by atoms with Crippen LogP contribution in [0.1, 0.15) is 80.5 Å². The first-order valence-corrected chi connectivity index (χ1v) is 12.2. The summed E-state index contributed by atoms with van der Waals surface area (Å²) >= 11 is 0. The van der Waals surface area contributed by atoms with E-state index in [4.69, 9.17) is 4.52 Å². The van der Waals surface area contributed by atoms with Gasteiger partial charge < -0.3 is 15.2 Å². The Bertz CT molecular complexity index is 1160. The molecule has 3 aromatic heterocycles. The summed E-state index contributed by atoms with van der Waals surface area (Å²) in [4.78, 5) is 33.3. The molecule has 0 atom stereocenters. The number of carbonyl (C=O) groups excluding carboxylic acids is 2. The van der Waals surface area contributed by atoms with E-state index in [1.807, 2.05) is 32.0 Å². The van der Waals surface area contributed by atoms with E-state index in [9.17, 15) is 9.59 Å². The van der Waals surface area contributed by atoms with Crippen molar-refractivity contribution in [1.82, 2.24) is 35.5 Å². The van der Waals surface area contributed by atoms with Crippen molar-refractivity contribution in [3.8, 4) is 5.82 Å². The van der Waals surface area contributed by atoms with Gasteiger partial charge in [-0.05, 0) is 44.4 Å². The summed E-state index contributed by atoms with van der Waals surface area (Å²) in [7, 11) is 0. The lowest BCUT2D eigenvalue weighted by atomic mass is 9.89. The minimum atomic E-state index is -0.584. The lowest BCUT2D eigenvalue weighted by Gasteiger charge is -2.30. The number of hydrogen-bond acceptors (Lipinski definition) is 7. The second-order valence-corrected chi connectivity index (χ2v) is 9.33.